The fourth-order valence-corrected chi connectivity index (χ4v) is 2.86. The van der Waals surface area contributed by atoms with Crippen LogP contribution < -0.4 is 0 Å². The molecule has 0 bridgehead atoms. The topological polar surface area (TPSA) is 29.5 Å². The predicted molar refractivity (Wildman–Crippen MR) is 60.8 cm³/mol. The summed E-state index contributed by atoms with van der Waals surface area (Å²) in [5, 5.41) is 8.82. The molecule has 0 saturated heterocycles. The largest absolute Gasteiger partial charge is 0.416 e. The summed E-state index contributed by atoms with van der Waals surface area (Å²) >= 11 is 0. The minimum absolute atomic E-state index is 0.263. The molecule has 1 atom stereocenters. The van der Waals surface area contributed by atoms with E-state index in [0.29, 0.717) is 6.61 Å². The summed E-state index contributed by atoms with van der Waals surface area (Å²) in [6.07, 6.45) is 0. The fraction of sp³-hybridized carbons (Fsp3) is 0.455. The first-order valence-electron chi connectivity index (χ1n) is 5.13. The Labute approximate surface area is 87.3 Å². The highest BCUT2D eigenvalue weighted by Gasteiger charge is 2.07. The van der Waals surface area contributed by atoms with Crippen LogP contribution in [0.25, 0.3) is 0 Å². The Morgan fingerprint density at radius 2 is 2.00 bits per heavy atom. The standard InChI is InChI=1S/C11H18O2Si/c1-2-14(9-8-12)13-10-11-6-4-3-5-7-11/h3-7,12,14H,2,8-10H2,1H3. The monoisotopic (exact) mass is 210 g/mol. The molecule has 1 aromatic carbocycles. The van der Waals surface area contributed by atoms with E-state index in [2.05, 4.69) is 19.1 Å². The van der Waals surface area contributed by atoms with Gasteiger partial charge in [0.05, 0.1) is 6.61 Å². The van der Waals surface area contributed by atoms with Crippen molar-refractivity contribution in [3.63, 3.8) is 0 Å². The molecule has 0 radical (unpaired) electrons. The first-order valence-corrected chi connectivity index (χ1v) is 7.23. The number of aliphatic hydroxyl groups is 1. The fourth-order valence-electron chi connectivity index (χ4n) is 1.34. The minimum Gasteiger partial charge on any atom is -0.416 e. The summed E-state index contributed by atoms with van der Waals surface area (Å²) < 4.78 is 5.80. The van der Waals surface area contributed by atoms with E-state index in [1.54, 1.807) is 0 Å². The Morgan fingerprint density at radius 1 is 1.29 bits per heavy atom. The molecule has 0 fully saturated rings. The van der Waals surface area contributed by atoms with Crippen molar-refractivity contribution in [1.82, 2.24) is 0 Å². The number of hydrogen-bond acceptors (Lipinski definition) is 2. The Hall–Kier alpha value is -0.643. The van der Waals surface area contributed by atoms with Gasteiger partial charge in [0.1, 0.15) is 0 Å². The van der Waals surface area contributed by atoms with Crippen LogP contribution in [0.3, 0.4) is 0 Å². The van der Waals surface area contributed by atoms with Gasteiger partial charge in [-0.3, -0.25) is 0 Å². The van der Waals surface area contributed by atoms with Gasteiger partial charge in [-0.1, -0.05) is 37.3 Å². The van der Waals surface area contributed by atoms with Crippen molar-refractivity contribution < 1.29 is 9.53 Å². The molecule has 0 saturated carbocycles. The smallest absolute Gasteiger partial charge is 0.179 e. The van der Waals surface area contributed by atoms with E-state index >= 15 is 0 Å². The van der Waals surface area contributed by atoms with Crippen LogP contribution in [0.15, 0.2) is 30.3 Å². The average molecular weight is 210 g/mol. The van der Waals surface area contributed by atoms with Crippen molar-refractivity contribution in [3.8, 4) is 0 Å². The molecule has 0 spiro atoms. The third kappa shape index (κ3) is 4.04. The summed E-state index contributed by atoms with van der Waals surface area (Å²) in [5.74, 6) is 0. The van der Waals surface area contributed by atoms with Crippen LogP contribution in [0.4, 0.5) is 0 Å². The Kier molecular flexibility index (Phi) is 5.52. The third-order valence-electron chi connectivity index (χ3n) is 2.23. The lowest BCUT2D eigenvalue weighted by molar-refractivity contribution is 0.280. The quantitative estimate of drug-likeness (QED) is 0.727. The lowest BCUT2D eigenvalue weighted by atomic mass is 10.2. The summed E-state index contributed by atoms with van der Waals surface area (Å²) in [7, 11) is -1.13. The molecule has 0 aliphatic heterocycles. The third-order valence-corrected chi connectivity index (χ3v) is 4.69. The van der Waals surface area contributed by atoms with E-state index < -0.39 is 9.04 Å². The molecule has 1 aromatic rings. The van der Waals surface area contributed by atoms with Crippen molar-refractivity contribution in [2.45, 2.75) is 25.6 Å². The molecule has 0 aromatic heterocycles. The van der Waals surface area contributed by atoms with E-state index in [4.69, 9.17) is 9.53 Å². The zero-order valence-electron chi connectivity index (χ0n) is 8.65. The van der Waals surface area contributed by atoms with Crippen molar-refractivity contribution in [1.29, 1.82) is 0 Å². The van der Waals surface area contributed by atoms with Gasteiger partial charge in [-0.25, -0.2) is 0 Å². The second kappa shape index (κ2) is 6.76. The molecule has 0 amide bonds. The number of benzene rings is 1. The predicted octanol–water partition coefficient (Wildman–Crippen LogP) is 1.94. The molecule has 0 heterocycles. The first-order chi connectivity index (χ1) is 6.86. The van der Waals surface area contributed by atoms with Gasteiger partial charge in [-0.05, 0) is 17.7 Å². The molecule has 0 aliphatic carbocycles. The first kappa shape index (κ1) is 11.4. The SMILES string of the molecule is CC[SiH](CCO)OCc1ccccc1. The highest BCUT2D eigenvalue weighted by atomic mass is 28.3. The Morgan fingerprint density at radius 3 is 2.57 bits per heavy atom. The number of hydrogen-bond donors (Lipinski definition) is 1. The van der Waals surface area contributed by atoms with E-state index in [9.17, 15) is 0 Å². The maximum absolute atomic E-state index is 8.82. The summed E-state index contributed by atoms with van der Waals surface area (Å²) in [6, 6.07) is 12.1. The summed E-state index contributed by atoms with van der Waals surface area (Å²) in [5.41, 5.74) is 1.22. The van der Waals surface area contributed by atoms with Gasteiger partial charge in [0.25, 0.3) is 0 Å². The maximum atomic E-state index is 8.82. The van der Waals surface area contributed by atoms with E-state index in [-0.39, 0.29) is 6.61 Å². The summed E-state index contributed by atoms with van der Waals surface area (Å²) in [6.45, 7) is 3.10. The summed E-state index contributed by atoms with van der Waals surface area (Å²) in [4.78, 5) is 0. The zero-order valence-corrected chi connectivity index (χ0v) is 9.80. The van der Waals surface area contributed by atoms with Gasteiger partial charge in [-0.2, -0.15) is 0 Å². The molecular formula is C11H18O2Si. The van der Waals surface area contributed by atoms with Crippen LogP contribution in [0, 0.1) is 0 Å². The maximum Gasteiger partial charge on any atom is 0.179 e. The molecule has 14 heavy (non-hydrogen) atoms. The highest BCUT2D eigenvalue weighted by molar-refractivity contribution is 6.51. The lowest BCUT2D eigenvalue weighted by Gasteiger charge is -2.12. The average Bonchev–Trinajstić information content (AvgIpc) is 2.25. The minimum atomic E-state index is -1.13. The molecule has 0 aliphatic rings. The molecule has 3 heteroatoms. The van der Waals surface area contributed by atoms with Crippen molar-refractivity contribution in [3.05, 3.63) is 35.9 Å². The highest BCUT2D eigenvalue weighted by Crippen LogP contribution is 2.06. The molecular weight excluding hydrogens is 192 g/mol. The zero-order chi connectivity index (χ0) is 10.2. The van der Waals surface area contributed by atoms with Crippen LogP contribution >= 0.6 is 0 Å². The van der Waals surface area contributed by atoms with Gasteiger partial charge in [0.15, 0.2) is 9.04 Å². The second-order valence-corrected chi connectivity index (χ2v) is 6.31. The second-order valence-electron chi connectivity index (χ2n) is 3.34. The molecule has 1 N–H and O–H groups in total. The van der Waals surface area contributed by atoms with Crippen LogP contribution in [0.5, 0.6) is 0 Å². The van der Waals surface area contributed by atoms with Crippen LogP contribution in [0.1, 0.15) is 12.5 Å². The van der Waals surface area contributed by atoms with E-state index in [1.165, 1.54) is 5.56 Å². The van der Waals surface area contributed by atoms with Gasteiger partial charge in [0, 0.05) is 6.61 Å². The molecule has 1 unspecified atom stereocenters. The molecule has 1 rings (SSSR count). The van der Waals surface area contributed by atoms with Gasteiger partial charge in [0.2, 0.25) is 0 Å². The van der Waals surface area contributed by atoms with E-state index in [1.807, 2.05) is 18.2 Å². The van der Waals surface area contributed by atoms with Crippen molar-refractivity contribution >= 4 is 9.04 Å². The van der Waals surface area contributed by atoms with Gasteiger partial charge >= 0.3 is 0 Å². The van der Waals surface area contributed by atoms with Gasteiger partial charge in [-0.15, -0.1) is 0 Å². The lowest BCUT2D eigenvalue weighted by Crippen LogP contribution is -2.17. The Bertz CT molecular complexity index is 238. The van der Waals surface area contributed by atoms with Gasteiger partial charge < -0.3 is 9.53 Å². The van der Waals surface area contributed by atoms with Crippen molar-refractivity contribution in [2.24, 2.45) is 0 Å². The Balaban J connectivity index is 2.32. The normalized spacial score (nSPS) is 12.7. The number of rotatable bonds is 6. The van der Waals surface area contributed by atoms with E-state index in [0.717, 1.165) is 12.1 Å². The van der Waals surface area contributed by atoms with Crippen molar-refractivity contribution in [2.75, 3.05) is 6.61 Å². The van der Waals surface area contributed by atoms with Crippen LogP contribution in [-0.4, -0.2) is 20.8 Å². The van der Waals surface area contributed by atoms with Crippen LogP contribution in [0.2, 0.25) is 12.1 Å². The molecule has 78 valence electrons. The van der Waals surface area contributed by atoms with Crippen LogP contribution in [-0.2, 0) is 11.0 Å². The number of aliphatic hydroxyl groups excluding tert-OH is 1. The molecule has 2 nitrogen and oxygen atoms in total.